The SMILES string of the molecule is [B]C(=O)NC(Cc1ccccn1)C(=O)O. The number of carbonyl (C=O) groups excluding carboxylic acids is 1. The second-order valence-corrected chi connectivity index (χ2v) is 2.92. The first-order chi connectivity index (χ1) is 7.09. The van der Waals surface area contributed by atoms with Crippen LogP contribution in [-0.2, 0) is 11.2 Å². The molecule has 0 aromatic carbocycles. The molecule has 0 spiro atoms. The normalized spacial score (nSPS) is 11.7. The molecular weight excluding hydrogens is 195 g/mol. The molecule has 2 radical (unpaired) electrons. The molecule has 0 aliphatic carbocycles. The lowest BCUT2D eigenvalue weighted by Crippen LogP contribution is -2.41. The molecule has 1 rings (SSSR count). The minimum absolute atomic E-state index is 0.110. The number of carbonyl (C=O) groups is 2. The second-order valence-electron chi connectivity index (χ2n) is 2.92. The minimum Gasteiger partial charge on any atom is -0.480 e. The molecule has 0 saturated carbocycles. The summed E-state index contributed by atoms with van der Waals surface area (Å²) in [7, 11) is 4.85. The zero-order chi connectivity index (χ0) is 11.3. The maximum absolute atomic E-state index is 10.7. The molecule has 0 aliphatic heterocycles. The van der Waals surface area contributed by atoms with Gasteiger partial charge >= 0.3 is 5.97 Å². The van der Waals surface area contributed by atoms with Crippen molar-refractivity contribution in [3.05, 3.63) is 30.1 Å². The number of amides is 1. The number of nitrogens with zero attached hydrogens (tertiary/aromatic N) is 1. The highest BCUT2D eigenvalue weighted by Crippen LogP contribution is 1.99. The Morgan fingerprint density at radius 1 is 1.53 bits per heavy atom. The van der Waals surface area contributed by atoms with Gasteiger partial charge in [0.1, 0.15) is 6.04 Å². The van der Waals surface area contributed by atoms with Crippen LogP contribution in [0.4, 0.5) is 4.79 Å². The predicted octanol–water partition coefficient (Wildman–Crippen LogP) is -0.0446. The molecule has 6 heteroatoms. The quantitative estimate of drug-likeness (QED) is 0.674. The fraction of sp³-hybridized carbons (Fsp3) is 0.222. The Labute approximate surface area is 87.9 Å². The minimum atomic E-state index is -1.14. The van der Waals surface area contributed by atoms with Gasteiger partial charge in [-0.2, -0.15) is 0 Å². The van der Waals surface area contributed by atoms with Gasteiger partial charge in [-0.05, 0) is 12.1 Å². The monoisotopic (exact) mass is 204 g/mol. The highest BCUT2D eigenvalue weighted by atomic mass is 16.4. The van der Waals surface area contributed by atoms with Crippen LogP contribution >= 0.6 is 0 Å². The topological polar surface area (TPSA) is 79.3 Å². The van der Waals surface area contributed by atoms with Gasteiger partial charge in [0.25, 0.3) is 0 Å². The van der Waals surface area contributed by atoms with E-state index in [9.17, 15) is 9.59 Å². The Hall–Kier alpha value is -1.85. The summed E-state index contributed by atoms with van der Waals surface area (Å²) < 4.78 is 0. The van der Waals surface area contributed by atoms with Crippen LogP contribution in [0.2, 0.25) is 0 Å². The Bertz CT molecular complexity index is 356. The standard InChI is InChI=1S/C9H9BN2O3/c10-9(15)12-7(8(13)14)5-6-3-1-2-4-11-6/h1-4,7H,5H2,(H,12,15)(H,13,14). The Morgan fingerprint density at radius 3 is 2.73 bits per heavy atom. The van der Waals surface area contributed by atoms with E-state index in [4.69, 9.17) is 13.0 Å². The lowest BCUT2D eigenvalue weighted by atomic mass is 10.1. The first-order valence-corrected chi connectivity index (χ1v) is 4.28. The Morgan fingerprint density at radius 2 is 2.27 bits per heavy atom. The summed E-state index contributed by atoms with van der Waals surface area (Å²) in [6.07, 6.45) is 1.66. The van der Waals surface area contributed by atoms with Crippen molar-refractivity contribution in [2.75, 3.05) is 0 Å². The summed E-state index contributed by atoms with van der Waals surface area (Å²) in [6, 6.07) is 4.10. The summed E-state index contributed by atoms with van der Waals surface area (Å²) >= 11 is 0. The van der Waals surface area contributed by atoms with Crippen molar-refractivity contribution < 1.29 is 14.7 Å². The number of rotatable bonds is 4. The number of carboxylic acid groups (broad SMARTS) is 1. The van der Waals surface area contributed by atoms with E-state index < -0.39 is 17.8 Å². The van der Waals surface area contributed by atoms with Gasteiger partial charge in [-0.1, -0.05) is 6.07 Å². The molecule has 0 saturated heterocycles. The number of aromatic nitrogens is 1. The van der Waals surface area contributed by atoms with Gasteiger partial charge in [-0.3, -0.25) is 9.78 Å². The molecule has 2 N–H and O–H groups in total. The highest BCUT2D eigenvalue weighted by Gasteiger charge is 2.18. The molecule has 0 fully saturated rings. The van der Waals surface area contributed by atoms with E-state index in [1.807, 2.05) is 0 Å². The number of hydrogen-bond donors (Lipinski definition) is 2. The van der Waals surface area contributed by atoms with E-state index in [1.54, 1.807) is 24.4 Å². The van der Waals surface area contributed by atoms with Crippen molar-refractivity contribution in [3.8, 4) is 0 Å². The largest absolute Gasteiger partial charge is 0.480 e. The van der Waals surface area contributed by atoms with E-state index in [0.29, 0.717) is 5.69 Å². The van der Waals surface area contributed by atoms with Crippen LogP contribution in [0.3, 0.4) is 0 Å². The maximum Gasteiger partial charge on any atom is 0.326 e. The predicted molar refractivity (Wildman–Crippen MR) is 53.7 cm³/mol. The lowest BCUT2D eigenvalue weighted by molar-refractivity contribution is -0.139. The molecule has 1 aromatic heterocycles. The molecule has 76 valence electrons. The van der Waals surface area contributed by atoms with Crippen molar-refractivity contribution in [2.45, 2.75) is 12.5 Å². The van der Waals surface area contributed by atoms with Gasteiger partial charge in [0.05, 0.1) is 0 Å². The highest BCUT2D eigenvalue weighted by molar-refractivity contribution is 6.57. The van der Waals surface area contributed by atoms with Crippen LogP contribution in [0.5, 0.6) is 0 Å². The molecule has 1 heterocycles. The van der Waals surface area contributed by atoms with Crippen molar-refractivity contribution in [1.82, 2.24) is 10.3 Å². The zero-order valence-corrected chi connectivity index (χ0v) is 7.88. The smallest absolute Gasteiger partial charge is 0.326 e. The molecule has 1 atom stereocenters. The van der Waals surface area contributed by atoms with Crippen molar-refractivity contribution >= 4 is 19.6 Å². The second kappa shape index (κ2) is 5.14. The molecular formula is C9H9BN2O3. The number of carboxylic acids is 1. The maximum atomic E-state index is 10.7. The third kappa shape index (κ3) is 3.80. The Balaban J connectivity index is 2.67. The van der Waals surface area contributed by atoms with Gasteiger partial charge in [0.15, 0.2) is 5.81 Å². The van der Waals surface area contributed by atoms with E-state index >= 15 is 0 Å². The number of pyridine rings is 1. The third-order valence-electron chi connectivity index (χ3n) is 1.75. The zero-order valence-electron chi connectivity index (χ0n) is 7.88. The third-order valence-corrected chi connectivity index (χ3v) is 1.75. The first kappa shape index (κ1) is 11.2. The summed E-state index contributed by atoms with van der Waals surface area (Å²) in [5.41, 5.74) is 0.582. The Kier molecular flexibility index (Phi) is 3.85. The van der Waals surface area contributed by atoms with Crippen LogP contribution in [-0.4, -0.2) is 35.8 Å². The van der Waals surface area contributed by atoms with Crippen LogP contribution in [0.1, 0.15) is 5.69 Å². The molecule has 1 unspecified atom stereocenters. The summed E-state index contributed by atoms with van der Waals surface area (Å²) in [5.74, 6) is -2.00. The number of hydrogen-bond acceptors (Lipinski definition) is 3. The molecule has 1 aromatic rings. The van der Waals surface area contributed by atoms with Gasteiger partial charge in [-0.15, -0.1) is 0 Å². The van der Waals surface area contributed by atoms with Gasteiger partial charge in [-0.25, -0.2) is 4.79 Å². The summed E-state index contributed by atoms with van der Waals surface area (Å²) in [5, 5.41) is 10.9. The van der Waals surface area contributed by atoms with Gasteiger partial charge < -0.3 is 10.4 Å². The van der Waals surface area contributed by atoms with E-state index in [2.05, 4.69) is 10.3 Å². The number of nitrogens with one attached hydrogen (secondary N) is 1. The first-order valence-electron chi connectivity index (χ1n) is 4.28. The molecule has 0 aliphatic rings. The van der Waals surface area contributed by atoms with Crippen molar-refractivity contribution in [1.29, 1.82) is 0 Å². The molecule has 15 heavy (non-hydrogen) atoms. The van der Waals surface area contributed by atoms with Crippen LogP contribution in [0, 0.1) is 0 Å². The average molecular weight is 204 g/mol. The van der Waals surface area contributed by atoms with E-state index in [1.165, 1.54) is 0 Å². The lowest BCUT2D eigenvalue weighted by Gasteiger charge is -2.12. The fourth-order valence-corrected chi connectivity index (χ4v) is 1.10. The van der Waals surface area contributed by atoms with E-state index in [-0.39, 0.29) is 6.42 Å². The van der Waals surface area contributed by atoms with Crippen molar-refractivity contribution in [3.63, 3.8) is 0 Å². The molecule has 5 nitrogen and oxygen atoms in total. The summed E-state index contributed by atoms with van der Waals surface area (Å²) in [4.78, 5) is 25.2. The number of aliphatic carboxylic acids is 1. The average Bonchev–Trinajstić information content (AvgIpc) is 2.17. The van der Waals surface area contributed by atoms with Crippen LogP contribution in [0.15, 0.2) is 24.4 Å². The van der Waals surface area contributed by atoms with Crippen LogP contribution in [0.25, 0.3) is 0 Å². The molecule has 0 bridgehead atoms. The van der Waals surface area contributed by atoms with Crippen molar-refractivity contribution in [2.24, 2.45) is 0 Å². The van der Waals surface area contributed by atoms with Gasteiger partial charge in [0.2, 0.25) is 7.85 Å². The fourth-order valence-electron chi connectivity index (χ4n) is 1.10. The van der Waals surface area contributed by atoms with Gasteiger partial charge in [0, 0.05) is 18.3 Å². The molecule has 1 amide bonds. The van der Waals surface area contributed by atoms with Crippen LogP contribution < -0.4 is 5.32 Å². The summed E-state index contributed by atoms with van der Waals surface area (Å²) in [6.45, 7) is 0. The van der Waals surface area contributed by atoms with E-state index in [0.717, 1.165) is 0 Å².